The molecule has 0 spiro atoms. The Labute approximate surface area is 121 Å². The summed E-state index contributed by atoms with van der Waals surface area (Å²) in [4.78, 5) is 14.2. The van der Waals surface area contributed by atoms with Gasteiger partial charge in [0.1, 0.15) is 12.0 Å². The van der Waals surface area contributed by atoms with Gasteiger partial charge in [0.05, 0.1) is 4.92 Å². The average molecular weight is 292 g/mol. The minimum Gasteiger partial charge on any atom is -0.370 e. The van der Waals surface area contributed by atoms with E-state index >= 15 is 0 Å². The summed E-state index contributed by atoms with van der Waals surface area (Å²) < 4.78 is 0. The summed E-state index contributed by atoms with van der Waals surface area (Å²) in [6, 6.07) is 9.16. The van der Waals surface area contributed by atoms with Crippen molar-refractivity contribution in [2.24, 2.45) is 0 Å². The third-order valence-corrected chi connectivity index (χ3v) is 3.15. The van der Waals surface area contributed by atoms with Crippen LogP contribution in [0.4, 0.5) is 11.5 Å². The van der Waals surface area contributed by atoms with Crippen molar-refractivity contribution in [3.63, 3.8) is 0 Å². The van der Waals surface area contributed by atoms with E-state index in [1.165, 1.54) is 17.8 Å². The zero-order valence-corrected chi connectivity index (χ0v) is 11.7. The van der Waals surface area contributed by atoms with E-state index in [-0.39, 0.29) is 5.69 Å². The second kappa shape index (κ2) is 6.34. The Morgan fingerprint density at radius 2 is 2.05 bits per heavy atom. The summed E-state index contributed by atoms with van der Waals surface area (Å²) in [5, 5.41) is 14.5. The van der Waals surface area contributed by atoms with Gasteiger partial charge >= 0.3 is 0 Å². The van der Waals surface area contributed by atoms with Gasteiger partial charge in [0, 0.05) is 17.6 Å². The molecule has 0 unspecified atom stereocenters. The standard InChI is InChI=1S/C14H14ClN3O2/c1-10-8-13(18(19)20)9-17-14(10)16-7-6-11-2-4-12(15)5-3-11/h2-5,8-9H,6-7H2,1H3,(H,16,17). The Morgan fingerprint density at radius 3 is 2.65 bits per heavy atom. The molecule has 0 aliphatic carbocycles. The molecule has 2 rings (SSSR count). The van der Waals surface area contributed by atoms with Gasteiger partial charge in [-0.3, -0.25) is 10.1 Å². The maximum Gasteiger partial charge on any atom is 0.287 e. The summed E-state index contributed by atoms with van der Waals surface area (Å²) in [7, 11) is 0. The van der Waals surface area contributed by atoms with E-state index in [0.29, 0.717) is 12.4 Å². The lowest BCUT2D eigenvalue weighted by Crippen LogP contribution is -2.08. The first kappa shape index (κ1) is 14.3. The zero-order valence-electron chi connectivity index (χ0n) is 11.0. The van der Waals surface area contributed by atoms with Gasteiger partial charge in [0.2, 0.25) is 0 Å². The van der Waals surface area contributed by atoms with Crippen LogP contribution >= 0.6 is 11.6 Å². The minimum absolute atomic E-state index is 0.00533. The van der Waals surface area contributed by atoms with Gasteiger partial charge < -0.3 is 5.32 Å². The Morgan fingerprint density at radius 1 is 1.35 bits per heavy atom. The molecule has 20 heavy (non-hydrogen) atoms. The molecule has 1 N–H and O–H groups in total. The SMILES string of the molecule is Cc1cc([N+](=O)[O-])cnc1NCCc1ccc(Cl)cc1. The Bertz CT molecular complexity index is 614. The predicted molar refractivity (Wildman–Crippen MR) is 79.3 cm³/mol. The first-order valence-electron chi connectivity index (χ1n) is 6.15. The van der Waals surface area contributed by atoms with Crippen LogP contribution in [-0.2, 0) is 6.42 Å². The van der Waals surface area contributed by atoms with Crippen LogP contribution in [0.1, 0.15) is 11.1 Å². The molecule has 0 radical (unpaired) electrons. The molecule has 0 amide bonds. The van der Waals surface area contributed by atoms with Crippen molar-refractivity contribution in [1.29, 1.82) is 0 Å². The molecule has 1 heterocycles. The molecule has 0 fully saturated rings. The van der Waals surface area contributed by atoms with Crippen molar-refractivity contribution < 1.29 is 4.92 Å². The topological polar surface area (TPSA) is 68.1 Å². The molecule has 104 valence electrons. The predicted octanol–water partition coefficient (Wildman–Crippen LogP) is 3.61. The number of aromatic nitrogens is 1. The first-order valence-corrected chi connectivity index (χ1v) is 6.53. The van der Waals surface area contributed by atoms with E-state index in [4.69, 9.17) is 11.6 Å². The van der Waals surface area contributed by atoms with Crippen LogP contribution in [0, 0.1) is 17.0 Å². The number of anilines is 1. The van der Waals surface area contributed by atoms with Gasteiger partial charge in [-0.05, 0) is 36.6 Å². The van der Waals surface area contributed by atoms with Crippen molar-refractivity contribution >= 4 is 23.1 Å². The van der Waals surface area contributed by atoms with Crippen LogP contribution in [0.15, 0.2) is 36.5 Å². The molecule has 1 aromatic heterocycles. The molecule has 0 bridgehead atoms. The number of nitrogens with one attached hydrogen (secondary N) is 1. The van der Waals surface area contributed by atoms with E-state index in [2.05, 4.69) is 10.3 Å². The van der Waals surface area contributed by atoms with Crippen molar-refractivity contribution in [2.75, 3.05) is 11.9 Å². The number of halogens is 1. The molecule has 6 heteroatoms. The summed E-state index contributed by atoms with van der Waals surface area (Å²) in [5.74, 6) is 0.671. The van der Waals surface area contributed by atoms with Crippen LogP contribution in [0.2, 0.25) is 5.02 Å². The summed E-state index contributed by atoms with van der Waals surface area (Å²) in [5.41, 5.74) is 1.93. The number of nitro groups is 1. The largest absolute Gasteiger partial charge is 0.370 e. The molecule has 0 saturated carbocycles. The van der Waals surface area contributed by atoms with Crippen LogP contribution in [0.25, 0.3) is 0 Å². The van der Waals surface area contributed by atoms with E-state index in [1.807, 2.05) is 24.3 Å². The fraction of sp³-hybridized carbons (Fsp3) is 0.214. The number of pyridine rings is 1. The van der Waals surface area contributed by atoms with Crippen molar-refractivity contribution in [3.8, 4) is 0 Å². The molecular formula is C14H14ClN3O2. The molecule has 2 aromatic rings. The van der Waals surface area contributed by atoms with E-state index < -0.39 is 4.92 Å². The van der Waals surface area contributed by atoms with Gasteiger partial charge in [-0.25, -0.2) is 4.98 Å². The number of rotatable bonds is 5. The smallest absolute Gasteiger partial charge is 0.287 e. The normalized spacial score (nSPS) is 10.3. The number of aryl methyl sites for hydroxylation is 1. The van der Waals surface area contributed by atoms with E-state index in [0.717, 1.165) is 17.0 Å². The number of nitrogens with zero attached hydrogens (tertiary/aromatic N) is 2. The maximum atomic E-state index is 10.6. The van der Waals surface area contributed by atoms with Crippen molar-refractivity contribution in [2.45, 2.75) is 13.3 Å². The fourth-order valence-corrected chi connectivity index (χ4v) is 1.95. The lowest BCUT2D eigenvalue weighted by molar-refractivity contribution is -0.385. The highest BCUT2D eigenvalue weighted by atomic mass is 35.5. The first-order chi connectivity index (χ1) is 9.56. The molecule has 0 aliphatic heterocycles. The maximum absolute atomic E-state index is 10.6. The van der Waals surface area contributed by atoms with Crippen LogP contribution in [0.3, 0.4) is 0 Å². The molecule has 0 atom stereocenters. The van der Waals surface area contributed by atoms with Gasteiger partial charge in [-0.1, -0.05) is 23.7 Å². The Balaban J connectivity index is 1.94. The third-order valence-electron chi connectivity index (χ3n) is 2.89. The quantitative estimate of drug-likeness (QED) is 0.675. The molecule has 0 saturated heterocycles. The number of hydrogen-bond donors (Lipinski definition) is 1. The highest BCUT2D eigenvalue weighted by Crippen LogP contribution is 2.18. The lowest BCUT2D eigenvalue weighted by atomic mass is 10.1. The third kappa shape index (κ3) is 3.68. The van der Waals surface area contributed by atoms with Gasteiger partial charge in [0.15, 0.2) is 0 Å². The monoisotopic (exact) mass is 291 g/mol. The summed E-state index contributed by atoms with van der Waals surface area (Å²) in [6.45, 7) is 2.50. The van der Waals surface area contributed by atoms with Crippen molar-refractivity contribution in [1.82, 2.24) is 4.98 Å². The molecule has 0 aliphatic rings. The van der Waals surface area contributed by atoms with Crippen molar-refractivity contribution in [3.05, 3.63) is 62.8 Å². The molecular weight excluding hydrogens is 278 g/mol. The van der Waals surface area contributed by atoms with E-state index in [1.54, 1.807) is 6.92 Å². The number of hydrogen-bond acceptors (Lipinski definition) is 4. The Hall–Kier alpha value is -2.14. The lowest BCUT2D eigenvalue weighted by Gasteiger charge is -2.08. The fourth-order valence-electron chi connectivity index (χ4n) is 1.82. The van der Waals surface area contributed by atoms with Gasteiger partial charge in [-0.15, -0.1) is 0 Å². The van der Waals surface area contributed by atoms with Gasteiger partial charge in [0.25, 0.3) is 5.69 Å². The van der Waals surface area contributed by atoms with Crippen LogP contribution in [0.5, 0.6) is 0 Å². The number of benzene rings is 1. The second-order valence-electron chi connectivity index (χ2n) is 4.42. The summed E-state index contributed by atoms with van der Waals surface area (Å²) in [6.07, 6.45) is 2.09. The summed E-state index contributed by atoms with van der Waals surface area (Å²) >= 11 is 5.82. The highest BCUT2D eigenvalue weighted by Gasteiger charge is 2.08. The second-order valence-corrected chi connectivity index (χ2v) is 4.86. The van der Waals surface area contributed by atoms with Crippen LogP contribution in [-0.4, -0.2) is 16.5 Å². The molecule has 5 nitrogen and oxygen atoms in total. The van der Waals surface area contributed by atoms with Crippen LogP contribution < -0.4 is 5.32 Å². The minimum atomic E-state index is -0.447. The Kier molecular flexibility index (Phi) is 4.53. The highest BCUT2D eigenvalue weighted by molar-refractivity contribution is 6.30. The molecule has 1 aromatic carbocycles. The van der Waals surface area contributed by atoms with Gasteiger partial charge in [-0.2, -0.15) is 0 Å². The van der Waals surface area contributed by atoms with E-state index in [9.17, 15) is 10.1 Å². The zero-order chi connectivity index (χ0) is 14.5. The average Bonchev–Trinajstić information content (AvgIpc) is 2.42.